The summed E-state index contributed by atoms with van der Waals surface area (Å²) in [6, 6.07) is 8.63. The molecule has 0 spiro atoms. The van der Waals surface area contributed by atoms with Gasteiger partial charge in [-0.25, -0.2) is 9.97 Å². The number of hydrogen-bond donors (Lipinski definition) is 1. The third kappa shape index (κ3) is 4.74. The summed E-state index contributed by atoms with van der Waals surface area (Å²) in [4.78, 5) is 34.7. The highest BCUT2D eigenvalue weighted by Gasteiger charge is 2.30. The first kappa shape index (κ1) is 23.7. The molecule has 7 nitrogen and oxygen atoms in total. The van der Waals surface area contributed by atoms with E-state index in [1.807, 2.05) is 11.5 Å². The molecule has 0 unspecified atom stereocenters. The number of fused-ring (bicyclic) bond motifs is 2. The molecule has 0 fully saturated rings. The van der Waals surface area contributed by atoms with Gasteiger partial charge in [0, 0.05) is 39.0 Å². The molecule has 0 saturated carbocycles. The minimum Gasteiger partial charge on any atom is -0.349 e. The lowest BCUT2D eigenvalue weighted by atomic mass is 10.1. The molecule has 1 amide bonds. The molecule has 2 aromatic carbocycles. The summed E-state index contributed by atoms with van der Waals surface area (Å²) >= 11 is 1.11. The van der Waals surface area contributed by atoms with Crippen LogP contribution >= 0.6 is 11.3 Å². The molecular weight excluding hydrogens is 467 g/mol. The molecule has 2 aromatic heterocycles. The highest BCUT2D eigenvalue weighted by atomic mass is 32.1. The summed E-state index contributed by atoms with van der Waals surface area (Å²) in [5.41, 5.74) is 1.59. The minimum atomic E-state index is -4.42. The van der Waals surface area contributed by atoms with Gasteiger partial charge in [-0.05, 0) is 43.3 Å². The highest BCUT2D eigenvalue weighted by molar-refractivity contribution is 7.22. The van der Waals surface area contributed by atoms with Gasteiger partial charge in [0.1, 0.15) is 0 Å². The molecular formula is C23H22F3N5O2S. The minimum absolute atomic E-state index is 0.105. The number of rotatable bonds is 7. The number of ketones is 1. The lowest BCUT2D eigenvalue weighted by Gasteiger charge is -2.09. The van der Waals surface area contributed by atoms with Crippen LogP contribution in [0, 0.1) is 0 Å². The normalized spacial score (nSPS) is 11.8. The molecule has 34 heavy (non-hydrogen) atoms. The molecule has 4 rings (SSSR count). The van der Waals surface area contributed by atoms with Gasteiger partial charge in [0.2, 0.25) is 11.9 Å². The number of alkyl halides is 3. The Bertz CT molecular complexity index is 1390. The van der Waals surface area contributed by atoms with Crippen molar-refractivity contribution in [1.29, 1.82) is 0 Å². The van der Waals surface area contributed by atoms with Crippen LogP contribution in [-0.4, -0.2) is 45.2 Å². The van der Waals surface area contributed by atoms with Gasteiger partial charge in [-0.3, -0.25) is 9.59 Å². The Kier molecular flexibility index (Phi) is 6.30. The Morgan fingerprint density at radius 1 is 1.06 bits per heavy atom. The molecule has 11 heteroatoms. The molecule has 0 saturated heterocycles. The lowest BCUT2D eigenvalue weighted by molar-refractivity contribution is -0.137. The second-order valence-electron chi connectivity index (χ2n) is 7.92. The molecule has 1 N–H and O–H groups in total. The van der Waals surface area contributed by atoms with Gasteiger partial charge in [0.05, 0.1) is 26.8 Å². The number of aromatic nitrogens is 3. The van der Waals surface area contributed by atoms with Crippen LogP contribution in [0.1, 0.15) is 35.7 Å². The maximum atomic E-state index is 13.0. The van der Waals surface area contributed by atoms with E-state index in [0.717, 1.165) is 29.0 Å². The Balaban J connectivity index is 1.60. The zero-order valence-electron chi connectivity index (χ0n) is 18.7. The van der Waals surface area contributed by atoms with Crippen molar-refractivity contribution in [2.45, 2.75) is 32.5 Å². The molecule has 0 aliphatic carbocycles. The van der Waals surface area contributed by atoms with Gasteiger partial charge < -0.3 is 14.8 Å². The summed E-state index contributed by atoms with van der Waals surface area (Å²) in [5, 5.41) is 3.52. The van der Waals surface area contributed by atoms with Crippen LogP contribution in [0.3, 0.4) is 0 Å². The van der Waals surface area contributed by atoms with E-state index in [4.69, 9.17) is 0 Å². The molecule has 0 bridgehead atoms. The van der Waals surface area contributed by atoms with Crippen molar-refractivity contribution >= 4 is 55.4 Å². The van der Waals surface area contributed by atoms with Gasteiger partial charge in [-0.15, -0.1) is 0 Å². The maximum absolute atomic E-state index is 13.0. The number of carbonyl (C=O) groups is 2. The van der Waals surface area contributed by atoms with Gasteiger partial charge in [0.25, 0.3) is 0 Å². The highest BCUT2D eigenvalue weighted by Crippen LogP contribution is 2.35. The first-order valence-electron chi connectivity index (χ1n) is 10.5. The van der Waals surface area contributed by atoms with E-state index < -0.39 is 11.7 Å². The second kappa shape index (κ2) is 9.05. The number of hydrogen-bond acceptors (Lipinski definition) is 6. The van der Waals surface area contributed by atoms with E-state index in [-0.39, 0.29) is 24.5 Å². The predicted molar refractivity (Wildman–Crippen MR) is 126 cm³/mol. The zero-order valence-corrected chi connectivity index (χ0v) is 19.5. The Hall–Kier alpha value is -3.47. The van der Waals surface area contributed by atoms with Crippen LogP contribution < -0.4 is 5.32 Å². The Labute approximate surface area is 197 Å². The SMILES string of the molecule is CCn1c(Nc2nc3ccc(C(F)(F)F)cc3s2)nc2cc(C(=O)CCC(=O)N(C)C)ccc21. The average Bonchev–Trinajstić information content (AvgIpc) is 3.35. The van der Waals surface area contributed by atoms with Crippen molar-refractivity contribution in [3.63, 3.8) is 0 Å². The van der Waals surface area contributed by atoms with Crippen LogP contribution in [0.5, 0.6) is 0 Å². The number of benzene rings is 2. The monoisotopic (exact) mass is 489 g/mol. The van der Waals surface area contributed by atoms with Crippen molar-refractivity contribution < 1.29 is 22.8 Å². The lowest BCUT2D eigenvalue weighted by Crippen LogP contribution is -2.22. The Morgan fingerprint density at radius 2 is 1.82 bits per heavy atom. The number of aryl methyl sites for hydroxylation is 1. The molecule has 0 atom stereocenters. The topological polar surface area (TPSA) is 80.1 Å². The number of carbonyl (C=O) groups excluding carboxylic acids is 2. The number of anilines is 2. The van der Waals surface area contributed by atoms with E-state index in [2.05, 4.69) is 15.3 Å². The predicted octanol–water partition coefficient (Wildman–Crippen LogP) is 5.48. The van der Waals surface area contributed by atoms with Crippen LogP contribution in [0.2, 0.25) is 0 Å². The van der Waals surface area contributed by atoms with Crippen molar-refractivity contribution in [2.75, 3.05) is 19.4 Å². The summed E-state index contributed by atoms with van der Waals surface area (Å²) in [7, 11) is 3.29. The van der Waals surface area contributed by atoms with Gasteiger partial charge in [-0.2, -0.15) is 13.2 Å². The number of thiazole rings is 1. The van der Waals surface area contributed by atoms with E-state index in [0.29, 0.717) is 38.9 Å². The number of nitrogens with zero attached hydrogens (tertiary/aromatic N) is 4. The third-order valence-corrected chi connectivity index (χ3v) is 6.32. The summed E-state index contributed by atoms with van der Waals surface area (Å²) in [5.74, 6) is 0.207. The van der Waals surface area contributed by atoms with E-state index in [1.165, 1.54) is 11.0 Å². The third-order valence-electron chi connectivity index (χ3n) is 5.39. The average molecular weight is 490 g/mol. The number of halogens is 3. The largest absolute Gasteiger partial charge is 0.416 e. The van der Waals surface area contributed by atoms with Gasteiger partial charge in [-0.1, -0.05) is 11.3 Å². The maximum Gasteiger partial charge on any atom is 0.416 e. The standard InChI is InChI=1S/C23H22F3N5O2S/c1-4-31-17-8-5-13(18(32)9-10-20(33)30(2)3)11-16(17)27-21(31)29-22-28-15-7-6-14(23(24,25)26)12-19(15)34-22/h5-8,11-12H,4,9-10H2,1-3H3,(H,27,28,29). The fraction of sp³-hybridized carbons (Fsp3) is 0.304. The molecule has 0 radical (unpaired) electrons. The van der Waals surface area contributed by atoms with Crippen molar-refractivity contribution in [3.8, 4) is 0 Å². The first-order valence-corrected chi connectivity index (χ1v) is 11.4. The smallest absolute Gasteiger partial charge is 0.349 e. The summed E-state index contributed by atoms with van der Waals surface area (Å²) in [6.07, 6.45) is -4.18. The van der Waals surface area contributed by atoms with E-state index in [1.54, 1.807) is 32.3 Å². The number of Topliss-reactive ketones (excluding diaryl/α,β-unsaturated/α-hetero) is 1. The number of nitrogens with one attached hydrogen (secondary N) is 1. The molecule has 0 aliphatic rings. The van der Waals surface area contributed by atoms with Crippen molar-refractivity contribution in [1.82, 2.24) is 19.4 Å². The quantitative estimate of drug-likeness (QED) is 0.348. The molecule has 4 aromatic rings. The zero-order chi connectivity index (χ0) is 24.6. The molecule has 2 heterocycles. The summed E-state index contributed by atoms with van der Waals surface area (Å²) < 4.78 is 41.3. The van der Waals surface area contributed by atoms with Crippen LogP contribution in [0.4, 0.5) is 24.3 Å². The van der Waals surface area contributed by atoms with Gasteiger partial charge in [0.15, 0.2) is 10.9 Å². The van der Waals surface area contributed by atoms with Gasteiger partial charge >= 0.3 is 6.18 Å². The van der Waals surface area contributed by atoms with Crippen LogP contribution in [0.15, 0.2) is 36.4 Å². The fourth-order valence-corrected chi connectivity index (χ4v) is 4.46. The fourth-order valence-electron chi connectivity index (χ4n) is 3.56. The summed E-state index contributed by atoms with van der Waals surface area (Å²) in [6.45, 7) is 2.51. The van der Waals surface area contributed by atoms with Crippen LogP contribution in [-0.2, 0) is 17.5 Å². The van der Waals surface area contributed by atoms with E-state index >= 15 is 0 Å². The number of amides is 1. The van der Waals surface area contributed by atoms with Crippen LogP contribution in [0.25, 0.3) is 21.3 Å². The Morgan fingerprint density at radius 3 is 2.50 bits per heavy atom. The van der Waals surface area contributed by atoms with E-state index in [9.17, 15) is 22.8 Å². The first-order chi connectivity index (χ1) is 16.1. The van der Waals surface area contributed by atoms with Crippen molar-refractivity contribution in [3.05, 3.63) is 47.5 Å². The second-order valence-corrected chi connectivity index (χ2v) is 8.95. The molecule has 178 valence electrons. The molecule has 0 aliphatic heterocycles. The van der Waals surface area contributed by atoms with Crippen molar-refractivity contribution in [2.24, 2.45) is 0 Å². The number of imidazole rings is 1.